The summed E-state index contributed by atoms with van der Waals surface area (Å²) in [6.07, 6.45) is 14.4. The van der Waals surface area contributed by atoms with Gasteiger partial charge in [-0.15, -0.1) is 0 Å². The van der Waals surface area contributed by atoms with Crippen LogP contribution in [-0.2, 0) is 16.1 Å². The van der Waals surface area contributed by atoms with Crippen LogP contribution in [0.15, 0.2) is 36.4 Å². The van der Waals surface area contributed by atoms with Crippen molar-refractivity contribution in [3.05, 3.63) is 47.5 Å². The van der Waals surface area contributed by atoms with Gasteiger partial charge < -0.3 is 9.64 Å². The van der Waals surface area contributed by atoms with Gasteiger partial charge in [0.05, 0.1) is 0 Å². The highest BCUT2D eigenvalue weighted by atomic mass is 16.5. The third-order valence-corrected chi connectivity index (χ3v) is 6.06. The molecule has 1 aromatic rings. The molecule has 1 aromatic carbocycles. The van der Waals surface area contributed by atoms with Crippen molar-refractivity contribution < 1.29 is 9.53 Å². The quantitative estimate of drug-likeness (QED) is 0.493. The minimum absolute atomic E-state index is 0.0952. The Labute approximate surface area is 164 Å². The highest BCUT2D eigenvalue weighted by Gasteiger charge is 2.24. The average Bonchev–Trinajstić information content (AvgIpc) is 2.68. The molecule has 27 heavy (non-hydrogen) atoms. The molecule has 0 radical (unpaired) electrons. The smallest absolute Gasteiger partial charge is 0.330 e. The maximum Gasteiger partial charge on any atom is 0.330 e. The third kappa shape index (κ3) is 6.49. The molecule has 0 saturated heterocycles. The first kappa shape index (κ1) is 20.1. The lowest BCUT2D eigenvalue weighted by atomic mass is 9.82. The minimum Gasteiger partial charge on any atom is -0.459 e. The predicted octanol–water partition coefficient (Wildman–Crippen LogP) is 5.45. The van der Waals surface area contributed by atoms with Crippen LogP contribution in [0.1, 0.15) is 74.8 Å². The first-order valence-electron chi connectivity index (χ1n) is 10.7. The topological polar surface area (TPSA) is 29.5 Å². The summed E-state index contributed by atoms with van der Waals surface area (Å²) in [4.78, 5) is 14.3. The summed E-state index contributed by atoms with van der Waals surface area (Å²) in [5.74, 6) is 1.04. The molecule has 0 heterocycles. The van der Waals surface area contributed by atoms with Gasteiger partial charge in [0.1, 0.15) is 6.10 Å². The molecule has 0 unspecified atom stereocenters. The standard InChI is InChI=1S/C24H35NO2/c1-25(2)18-20-8-11-21(12-9-20)22-13-15-23(16-14-22)27-24(26)17-10-19-6-4-3-5-7-19/h8-12,17,19,22-23H,3-7,13-16,18H2,1-2H3/t22-,23-. The normalized spacial score (nSPS) is 24.4. The van der Waals surface area contributed by atoms with Crippen LogP contribution in [-0.4, -0.2) is 31.1 Å². The molecule has 0 bridgehead atoms. The molecule has 2 fully saturated rings. The Kier molecular flexibility index (Phi) is 7.51. The zero-order valence-corrected chi connectivity index (χ0v) is 17.0. The number of carbonyl (C=O) groups excluding carboxylic acids is 1. The highest BCUT2D eigenvalue weighted by molar-refractivity contribution is 5.82. The fraction of sp³-hybridized carbons (Fsp3) is 0.625. The maximum atomic E-state index is 12.1. The van der Waals surface area contributed by atoms with Gasteiger partial charge in [-0.3, -0.25) is 0 Å². The number of carbonyl (C=O) groups is 1. The van der Waals surface area contributed by atoms with Crippen molar-refractivity contribution in [1.29, 1.82) is 0 Å². The summed E-state index contributed by atoms with van der Waals surface area (Å²) in [6, 6.07) is 9.06. The Morgan fingerprint density at radius 1 is 1.00 bits per heavy atom. The molecule has 148 valence electrons. The van der Waals surface area contributed by atoms with Crippen molar-refractivity contribution in [3.63, 3.8) is 0 Å². The summed E-state index contributed by atoms with van der Waals surface area (Å²) in [5, 5.41) is 0. The molecular formula is C24H35NO2. The number of allylic oxidation sites excluding steroid dienone is 1. The molecule has 0 spiro atoms. The van der Waals surface area contributed by atoms with Crippen LogP contribution in [0.2, 0.25) is 0 Å². The van der Waals surface area contributed by atoms with Gasteiger partial charge in [0.15, 0.2) is 0 Å². The fourth-order valence-electron chi connectivity index (χ4n) is 4.52. The molecule has 2 saturated carbocycles. The molecular weight excluding hydrogens is 334 g/mol. The number of benzene rings is 1. The van der Waals surface area contributed by atoms with E-state index in [0.717, 1.165) is 32.2 Å². The van der Waals surface area contributed by atoms with Crippen molar-refractivity contribution in [1.82, 2.24) is 4.90 Å². The van der Waals surface area contributed by atoms with E-state index >= 15 is 0 Å². The number of rotatable bonds is 6. The number of esters is 1. The Hall–Kier alpha value is -1.61. The van der Waals surface area contributed by atoms with Gasteiger partial charge >= 0.3 is 5.97 Å². The monoisotopic (exact) mass is 369 g/mol. The summed E-state index contributed by atoms with van der Waals surface area (Å²) < 4.78 is 5.70. The summed E-state index contributed by atoms with van der Waals surface area (Å²) >= 11 is 0. The Balaban J connectivity index is 1.41. The molecule has 0 aromatic heterocycles. The Bertz CT molecular complexity index is 606. The lowest BCUT2D eigenvalue weighted by Gasteiger charge is -2.28. The molecule has 0 amide bonds. The summed E-state index contributed by atoms with van der Waals surface area (Å²) in [6.45, 7) is 0.983. The van der Waals surface area contributed by atoms with Crippen LogP contribution < -0.4 is 0 Å². The van der Waals surface area contributed by atoms with E-state index in [0.29, 0.717) is 11.8 Å². The molecule has 2 aliphatic carbocycles. The van der Waals surface area contributed by atoms with Crippen molar-refractivity contribution in [3.8, 4) is 0 Å². The molecule has 0 atom stereocenters. The van der Waals surface area contributed by atoms with Gasteiger partial charge in [0.25, 0.3) is 0 Å². The van der Waals surface area contributed by atoms with Gasteiger partial charge in [-0.1, -0.05) is 49.6 Å². The second-order valence-electron chi connectivity index (χ2n) is 8.65. The maximum absolute atomic E-state index is 12.1. The van der Waals surface area contributed by atoms with E-state index in [-0.39, 0.29) is 12.1 Å². The van der Waals surface area contributed by atoms with Crippen LogP contribution in [0.5, 0.6) is 0 Å². The van der Waals surface area contributed by atoms with E-state index in [1.165, 1.54) is 43.2 Å². The zero-order chi connectivity index (χ0) is 19.1. The van der Waals surface area contributed by atoms with Crippen molar-refractivity contribution in [2.24, 2.45) is 5.92 Å². The van der Waals surface area contributed by atoms with Crippen LogP contribution in [0.25, 0.3) is 0 Å². The third-order valence-electron chi connectivity index (χ3n) is 6.06. The van der Waals surface area contributed by atoms with Gasteiger partial charge in [-0.2, -0.15) is 0 Å². The summed E-state index contributed by atoms with van der Waals surface area (Å²) in [7, 11) is 4.20. The van der Waals surface area contributed by atoms with E-state index in [1.807, 2.05) is 0 Å². The lowest BCUT2D eigenvalue weighted by molar-refractivity contribution is -0.144. The fourth-order valence-corrected chi connectivity index (χ4v) is 4.52. The van der Waals surface area contributed by atoms with E-state index < -0.39 is 0 Å². The molecule has 3 nitrogen and oxygen atoms in total. The number of ether oxygens (including phenoxy) is 1. The number of hydrogen-bond donors (Lipinski definition) is 0. The van der Waals surface area contributed by atoms with Crippen LogP contribution >= 0.6 is 0 Å². The highest BCUT2D eigenvalue weighted by Crippen LogP contribution is 2.34. The number of nitrogens with zero attached hydrogens (tertiary/aromatic N) is 1. The zero-order valence-electron chi connectivity index (χ0n) is 17.0. The van der Waals surface area contributed by atoms with Gasteiger partial charge in [-0.25, -0.2) is 4.79 Å². The van der Waals surface area contributed by atoms with Gasteiger partial charge in [0, 0.05) is 12.6 Å². The molecule has 0 N–H and O–H groups in total. The lowest BCUT2D eigenvalue weighted by Crippen LogP contribution is -2.23. The van der Waals surface area contributed by atoms with Gasteiger partial charge in [-0.05, 0) is 75.6 Å². The molecule has 2 aliphatic rings. The molecule has 3 heteroatoms. The minimum atomic E-state index is -0.142. The SMILES string of the molecule is CN(C)Cc1ccc([C@H]2CC[C@H](OC(=O)C=CC3CCCCC3)CC2)cc1. The molecule has 3 rings (SSSR count). The van der Waals surface area contributed by atoms with Crippen molar-refractivity contribution in [2.75, 3.05) is 14.1 Å². The van der Waals surface area contributed by atoms with E-state index in [1.54, 1.807) is 6.08 Å². The van der Waals surface area contributed by atoms with Gasteiger partial charge in [0.2, 0.25) is 0 Å². The van der Waals surface area contributed by atoms with E-state index in [2.05, 4.69) is 49.3 Å². The number of hydrogen-bond acceptors (Lipinski definition) is 3. The van der Waals surface area contributed by atoms with Crippen LogP contribution in [0.4, 0.5) is 0 Å². The first-order valence-corrected chi connectivity index (χ1v) is 10.7. The first-order chi connectivity index (χ1) is 13.1. The average molecular weight is 370 g/mol. The molecule has 0 aliphatic heterocycles. The summed E-state index contributed by atoms with van der Waals surface area (Å²) in [5.41, 5.74) is 2.79. The Morgan fingerprint density at radius 3 is 2.30 bits per heavy atom. The largest absolute Gasteiger partial charge is 0.459 e. The second-order valence-corrected chi connectivity index (χ2v) is 8.65. The van der Waals surface area contributed by atoms with Crippen molar-refractivity contribution >= 4 is 5.97 Å². The van der Waals surface area contributed by atoms with E-state index in [9.17, 15) is 4.79 Å². The van der Waals surface area contributed by atoms with Crippen molar-refractivity contribution in [2.45, 2.75) is 76.4 Å². The van der Waals surface area contributed by atoms with E-state index in [4.69, 9.17) is 4.74 Å². The van der Waals surface area contributed by atoms with Crippen LogP contribution in [0, 0.1) is 5.92 Å². The second kappa shape index (κ2) is 10.1. The predicted molar refractivity (Wildman–Crippen MR) is 111 cm³/mol. The van der Waals surface area contributed by atoms with Crippen LogP contribution in [0.3, 0.4) is 0 Å². The Morgan fingerprint density at radius 2 is 1.67 bits per heavy atom.